The van der Waals surface area contributed by atoms with Crippen molar-refractivity contribution in [1.82, 2.24) is 30.7 Å². The van der Waals surface area contributed by atoms with Gasteiger partial charge in [0.25, 0.3) is 5.91 Å². The first-order valence-corrected chi connectivity index (χ1v) is 7.11. The molecule has 0 unspecified atom stereocenters. The topological polar surface area (TPSA) is 85.9 Å². The molecule has 1 aliphatic rings. The third-order valence-electron chi connectivity index (χ3n) is 3.32. The van der Waals surface area contributed by atoms with E-state index in [1.165, 1.54) is 0 Å². The molecule has 1 fully saturated rings. The van der Waals surface area contributed by atoms with E-state index >= 15 is 0 Å². The van der Waals surface area contributed by atoms with Crippen LogP contribution < -0.4 is 10.6 Å². The SMILES string of the molecule is CC(C)(C)c1nc(C(=O)NCCN2CCNCC2)n[nH]1. The molecule has 3 N–H and O–H groups in total. The zero-order valence-corrected chi connectivity index (χ0v) is 12.5. The number of carbonyl (C=O) groups excluding carboxylic acids is 1. The molecule has 0 saturated carbocycles. The van der Waals surface area contributed by atoms with Crippen LogP contribution in [0.4, 0.5) is 0 Å². The summed E-state index contributed by atoms with van der Waals surface area (Å²) in [5.41, 5.74) is -0.133. The lowest BCUT2D eigenvalue weighted by Crippen LogP contribution is -2.46. The van der Waals surface area contributed by atoms with Crippen LogP contribution in [0.3, 0.4) is 0 Å². The van der Waals surface area contributed by atoms with Crippen molar-refractivity contribution in [2.75, 3.05) is 39.3 Å². The second-order valence-electron chi connectivity index (χ2n) is 6.11. The molecule has 112 valence electrons. The maximum atomic E-state index is 11.9. The summed E-state index contributed by atoms with van der Waals surface area (Å²) in [7, 11) is 0. The lowest BCUT2D eigenvalue weighted by molar-refractivity contribution is 0.0937. The van der Waals surface area contributed by atoms with Crippen LogP contribution in [0, 0.1) is 0 Å². The third kappa shape index (κ3) is 4.01. The fourth-order valence-electron chi connectivity index (χ4n) is 2.04. The number of amides is 1. The van der Waals surface area contributed by atoms with Crippen LogP contribution in [-0.2, 0) is 5.41 Å². The highest BCUT2D eigenvalue weighted by atomic mass is 16.2. The minimum absolute atomic E-state index is 0.133. The number of aromatic nitrogens is 3. The summed E-state index contributed by atoms with van der Waals surface area (Å²) in [6.45, 7) is 11.7. The van der Waals surface area contributed by atoms with E-state index in [0.29, 0.717) is 6.54 Å². The molecule has 0 radical (unpaired) electrons. The number of piperazine rings is 1. The Labute approximate surface area is 119 Å². The molecule has 0 atom stereocenters. The molecule has 0 aliphatic carbocycles. The van der Waals surface area contributed by atoms with Crippen molar-refractivity contribution in [2.24, 2.45) is 0 Å². The summed E-state index contributed by atoms with van der Waals surface area (Å²) < 4.78 is 0. The number of rotatable bonds is 4. The minimum Gasteiger partial charge on any atom is -0.348 e. The van der Waals surface area contributed by atoms with Crippen LogP contribution in [0.15, 0.2) is 0 Å². The Balaban J connectivity index is 1.78. The van der Waals surface area contributed by atoms with Crippen molar-refractivity contribution in [3.8, 4) is 0 Å². The van der Waals surface area contributed by atoms with Gasteiger partial charge < -0.3 is 10.6 Å². The number of nitrogens with one attached hydrogen (secondary N) is 3. The standard InChI is InChI=1S/C13H24N6O/c1-13(2,3)12-16-10(17-18-12)11(20)15-6-9-19-7-4-14-5-8-19/h14H,4-9H2,1-3H3,(H,15,20)(H,16,17,18). The molecule has 1 aromatic heterocycles. The van der Waals surface area contributed by atoms with Gasteiger partial charge in [0.1, 0.15) is 5.82 Å². The Morgan fingerprint density at radius 2 is 2.05 bits per heavy atom. The predicted octanol–water partition coefficient (Wildman–Crippen LogP) is -0.263. The summed E-state index contributed by atoms with van der Waals surface area (Å²) in [6.07, 6.45) is 0. The maximum Gasteiger partial charge on any atom is 0.291 e. The van der Waals surface area contributed by atoms with Crippen LogP contribution in [0.25, 0.3) is 0 Å². The number of nitrogens with zero attached hydrogens (tertiary/aromatic N) is 3. The van der Waals surface area contributed by atoms with Gasteiger partial charge in [-0.05, 0) is 0 Å². The highest BCUT2D eigenvalue weighted by Gasteiger charge is 2.21. The molecule has 0 aromatic carbocycles. The Morgan fingerprint density at radius 3 is 2.65 bits per heavy atom. The van der Waals surface area contributed by atoms with E-state index in [4.69, 9.17) is 0 Å². The minimum atomic E-state index is -0.216. The van der Waals surface area contributed by atoms with Gasteiger partial charge in [0.2, 0.25) is 5.82 Å². The van der Waals surface area contributed by atoms with Crippen molar-refractivity contribution in [3.63, 3.8) is 0 Å². The van der Waals surface area contributed by atoms with Gasteiger partial charge in [0.15, 0.2) is 0 Å². The second-order valence-corrected chi connectivity index (χ2v) is 6.11. The van der Waals surface area contributed by atoms with Gasteiger partial charge in [-0.15, -0.1) is 5.10 Å². The summed E-state index contributed by atoms with van der Waals surface area (Å²) >= 11 is 0. The fraction of sp³-hybridized carbons (Fsp3) is 0.769. The van der Waals surface area contributed by atoms with E-state index in [9.17, 15) is 4.79 Å². The first kappa shape index (κ1) is 14.9. The molecule has 1 aliphatic heterocycles. The van der Waals surface area contributed by atoms with E-state index in [0.717, 1.165) is 38.5 Å². The Kier molecular flexibility index (Phi) is 4.72. The van der Waals surface area contributed by atoms with Crippen LogP contribution >= 0.6 is 0 Å². The highest BCUT2D eigenvalue weighted by Crippen LogP contribution is 2.17. The molecule has 1 aromatic rings. The van der Waals surface area contributed by atoms with Crippen molar-refractivity contribution in [2.45, 2.75) is 26.2 Å². The second kappa shape index (κ2) is 6.32. The van der Waals surface area contributed by atoms with E-state index in [2.05, 4.69) is 30.7 Å². The number of H-pyrrole nitrogens is 1. The van der Waals surface area contributed by atoms with Crippen molar-refractivity contribution >= 4 is 5.91 Å². The molecule has 2 rings (SSSR count). The Bertz CT molecular complexity index is 444. The van der Waals surface area contributed by atoms with Crippen LogP contribution in [0.5, 0.6) is 0 Å². The number of aromatic amines is 1. The summed E-state index contributed by atoms with van der Waals surface area (Å²) in [4.78, 5) is 18.5. The lowest BCUT2D eigenvalue weighted by Gasteiger charge is -2.26. The van der Waals surface area contributed by atoms with Crippen LogP contribution in [0.1, 0.15) is 37.2 Å². The normalized spacial score (nSPS) is 17.1. The first-order chi connectivity index (χ1) is 9.47. The van der Waals surface area contributed by atoms with Gasteiger partial charge in [-0.3, -0.25) is 14.8 Å². The monoisotopic (exact) mass is 280 g/mol. The molecule has 7 heteroatoms. The van der Waals surface area contributed by atoms with E-state index < -0.39 is 0 Å². The van der Waals surface area contributed by atoms with Gasteiger partial charge in [-0.25, -0.2) is 4.98 Å². The first-order valence-electron chi connectivity index (χ1n) is 7.11. The molecule has 20 heavy (non-hydrogen) atoms. The van der Waals surface area contributed by atoms with Crippen molar-refractivity contribution in [1.29, 1.82) is 0 Å². The molecule has 0 spiro atoms. The predicted molar refractivity (Wildman–Crippen MR) is 76.7 cm³/mol. The largest absolute Gasteiger partial charge is 0.348 e. The van der Waals surface area contributed by atoms with Crippen molar-refractivity contribution in [3.05, 3.63) is 11.6 Å². The fourth-order valence-corrected chi connectivity index (χ4v) is 2.04. The molecule has 2 heterocycles. The summed E-state index contributed by atoms with van der Waals surface area (Å²) in [5.74, 6) is 0.729. The van der Waals surface area contributed by atoms with Gasteiger partial charge in [0, 0.05) is 44.7 Å². The van der Waals surface area contributed by atoms with E-state index in [-0.39, 0.29) is 17.1 Å². The Morgan fingerprint density at radius 1 is 1.35 bits per heavy atom. The van der Waals surface area contributed by atoms with Crippen LogP contribution in [0.2, 0.25) is 0 Å². The van der Waals surface area contributed by atoms with Crippen molar-refractivity contribution < 1.29 is 4.79 Å². The zero-order chi connectivity index (χ0) is 14.6. The average Bonchev–Trinajstić information content (AvgIpc) is 2.89. The molecular formula is C13H24N6O. The molecular weight excluding hydrogens is 256 g/mol. The smallest absolute Gasteiger partial charge is 0.291 e. The summed E-state index contributed by atoms with van der Waals surface area (Å²) in [5, 5.41) is 13.0. The van der Waals surface area contributed by atoms with E-state index in [1.807, 2.05) is 20.8 Å². The third-order valence-corrected chi connectivity index (χ3v) is 3.32. The zero-order valence-electron chi connectivity index (χ0n) is 12.5. The molecule has 7 nitrogen and oxygen atoms in total. The quantitative estimate of drug-likeness (QED) is 0.707. The number of hydrogen-bond donors (Lipinski definition) is 3. The van der Waals surface area contributed by atoms with E-state index in [1.54, 1.807) is 0 Å². The van der Waals surface area contributed by atoms with Gasteiger partial charge in [-0.1, -0.05) is 20.8 Å². The van der Waals surface area contributed by atoms with Gasteiger partial charge in [-0.2, -0.15) is 0 Å². The number of hydrogen-bond acceptors (Lipinski definition) is 5. The van der Waals surface area contributed by atoms with Gasteiger partial charge >= 0.3 is 0 Å². The highest BCUT2D eigenvalue weighted by molar-refractivity contribution is 5.90. The van der Waals surface area contributed by atoms with Gasteiger partial charge in [0.05, 0.1) is 0 Å². The van der Waals surface area contributed by atoms with Crippen LogP contribution in [-0.4, -0.2) is 65.3 Å². The average molecular weight is 280 g/mol. The maximum absolute atomic E-state index is 11.9. The summed E-state index contributed by atoms with van der Waals surface area (Å²) in [6, 6.07) is 0. The number of carbonyl (C=O) groups is 1. The Hall–Kier alpha value is -1.47. The molecule has 1 saturated heterocycles. The molecule has 0 bridgehead atoms. The lowest BCUT2D eigenvalue weighted by atomic mass is 9.96. The molecule has 1 amide bonds.